The number of thiophene rings is 1. The van der Waals surface area contributed by atoms with Crippen molar-refractivity contribution in [2.24, 2.45) is 0 Å². The molecular formula is C26H27N5O7S. The number of anilines is 1. The van der Waals surface area contributed by atoms with Crippen molar-refractivity contribution in [1.29, 1.82) is 0 Å². The second-order valence-electron chi connectivity index (χ2n) is 8.08. The monoisotopic (exact) mass is 553 g/mol. The predicted molar refractivity (Wildman–Crippen MR) is 143 cm³/mol. The fourth-order valence-corrected chi connectivity index (χ4v) is 3.88. The van der Waals surface area contributed by atoms with Gasteiger partial charge in [-0.05, 0) is 17.2 Å². The van der Waals surface area contributed by atoms with E-state index in [4.69, 9.17) is 4.74 Å². The number of hydrogen-bond acceptors (Lipinski definition) is 7. The highest BCUT2D eigenvalue weighted by Crippen LogP contribution is 2.20. The summed E-state index contributed by atoms with van der Waals surface area (Å²) >= 11 is 1.14. The lowest BCUT2D eigenvalue weighted by molar-refractivity contribution is -0.139. The number of hydrogen-bond donors (Lipinski definition) is 6. The van der Waals surface area contributed by atoms with Crippen molar-refractivity contribution in [1.82, 2.24) is 21.3 Å². The first-order valence-electron chi connectivity index (χ1n) is 11.7. The summed E-state index contributed by atoms with van der Waals surface area (Å²) < 4.78 is 4.99. The van der Waals surface area contributed by atoms with Crippen LogP contribution in [0.5, 0.6) is 0 Å². The van der Waals surface area contributed by atoms with Crippen molar-refractivity contribution in [2.45, 2.75) is 19.2 Å². The van der Waals surface area contributed by atoms with Gasteiger partial charge >= 0.3 is 18.1 Å². The molecule has 1 heterocycles. The fourth-order valence-electron chi connectivity index (χ4n) is 3.10. The van der Waals surface area contributed by atoms with Crippen LogP contribution < -0.4 is 26.6 Å². The summed E-state index contributed by atoms with van der Waals surface area (Å²) in [6.07, 6.45) is -0.954. The predicted octanol–water partition coefficient (Wildman–Crippen LogP) is 2.30. The van der Waals surface area contributed by atoms with Crippen LogP contribution in [0.3, 0.4) is 0 Å². The Morgan fingerprint density at radius 2 is 1.54 bits per heavy atom. The number of carboxylic acids is 1. The van der Waals surface area contributed by atoms with Crippen LogP contribution in [0, 0.1) is 0 Å². The summed E-state index contributed by atoms with van der Waals surface area (Å²) in [4.78, 5) is 59.9. The van der Waals surface area contributed by atoms with E-state index < -0.39 is 49.0 Å². The Morgan fingerprint density at radius 1 is 0.872 bits per heavy atom. The Hall–Kier alpha value is -4.91. The molecule has 39 heavy (non-hydrogen) atoms. The second-order valence-corrected chi connectivity index (χ2v) is 8.99. The highest BCUT2D eigenvalue weighted by molar-refractivity contribution is 7.14. The van der Waals surface area contributed by atoms with Crippen molar-refractivity contribution in [3.8, 4) is 0 Å². The quantitative estimate of drug-likeness (QED) is 0.199. The lowest BCUT2D eigenvalue weighted by Crippen LogP contribution is -2.50. The van der Waals surface area contributed by atoms with E-state index in [1.54, 1.807) is 30.3 Å². The first-order chi connectivity index (χ1) is 18.8. The molecule has 5 amide bonds. The van der Waals surface area contributed by atoms with Gasteiger partial charge in [0.2, 0.25) is 5.91 Å². The van der Waals surface area contributed by atoms with Crippen LogP contribution in [0.4, 0.5) is 14.6 Å². The molecule has 0 saturated carbocycles. The van der Waals surface area contributed by atoms with Crippen LogP contribution in [-0.4, -0.2) is 54.1 Å². The summed E-state index contributed by atoms with van der Waals surface area (Å²) in [7, 11) is 0. The van der Waals surface area contributed by atoms with Gasteiger partial charge in [0.1, 0.15) is 12.6 Å². The molecule has 1 aromatic heterocycles. The van der Waals surface area contributed by atoms with E-state index in [9.17, 15) is 29.1 Å². The molecule has 0 aliphatic rings. The third-order valence-electron chi connectivity index (χ3n) is 5.11. The molecule has 0 radical (unpaired) electrons. The molecule has 0 spiro atoms. The molecule has 12 nitrogen and oxygen atoms in total. The number of amides is 5. The molecule has 13 heteroatoms. The van der Waals surface area contributed by atoms with E-state index >= 15 is 0 Å². The van der Waals surface area contributed by atoms with Gasteiger partial charge in [0.15, 0.2) is 0 Å². The van der Waals surface area contributed by atoms with Crippen molar-refractivity contribution in [2.75, 3.05) is 18.4 Å². The van der Waals surface area contributed by atoms with Gasteiger partial charge in [0.25, 0.3) is 5.91 Å². The van der Waals surface area contributed by atoms with E-state index in [1.807, 2.05) is 30.3 Å². The van der Waals surface area contributed by atoms with E-state index in [0.717, 1.165) is 22.5 Å². The third kappa shape index (κ3) is 10.2. The summed E-state index contributed by atoms with van der Waals surface area (Å²) in [5.41, 5.74) is 1.89. The number of ether oxygens (including phenoxy) is 1. The molecule has 6 N–H and O–H groups in total. The van der Waals surface area contributed by atoms with Crippen molar-refractivity contribution >= 4 is 46.2 Å². The minimum atomic E-state index is -1.44. The molecular weight excluding hydrogens is 526 g/mol. The maximum atomic E-state index is 12.4. The standard InChI is InChI=1S/C26H27N5O7S/c32-21(27-13-20(24(34)35)30-26(37)38-15-18-9-5-2-6-10-18)14-28-23(33)19-11-22(39-16-19)31-25(36)29-12-17-7-3-1-4-8-17/h1-11,16,20H,12-15H2,(H,27,32)(H,28,33)(H,30,37)(H,34,35)(H2,29,31,36)/t20-/m0/s1. The molecule has 0 fully saturated rings. The molecule has 0 saturated heterocycles. The average molecular weight is 554 g/mol. The number of rotatable bonds is 12. The molecule has 204 valence electrons. The van der Waals surface area contributed by atoms with Gasteiger partial charge in [0, 0.05) is 18.5 Å². The number of carboxylic acid groups (broad SMARTS) is 1. The topological polar surface area (TPSA) is 175 Å². The first-order valence-corrected chi connectivity index (χ1v) is 12.6. The minimum Gasteiger partial charge on any atom is -0.480 e. The van der Waals surface area contributed by atoms with Crippen LogP contribution in [0.15, 0.2) is 72.1 Å². The summed E-state index contributed by atoms with van der Waals surface area (Å²) in [5, 5.41) is 23.5. The molecule has 3 rings (SSSR count). The number of aliphatic carboxylic acids is 1. The van der Waals surface area contributed by atoms with Crippen LogP contribution in [-0.2, 0) is 27.5 Å². The van der Waals surface area contributed by atoms with Gasteiger partial charge in [0.05, 0.1) is 17.1 Å². The number of alkyl carbamates (subject to hydrolysis) is 1. The largest absolute Gasteiger partial charge is 0.480 e. The van der Waals surface area contributed by atoms with Gasteiger partial charge in [-0.25, -0.2) is 14.4 Å². The van der Waals surface area contributed by atoms with E-state index in [0.29, 0.717) is 11.5 Å². The smallest absolute Gasteiger partial charge is 0.408 e. The molecule has 0 bridgehead atoms. The maximum absolute atomic E-state index is 12.4. The zero-order valence-corrected chi connectivity index (χ0v) is 21.5. The molecule has 2 aromatic carbocycles. The molecule has 1 atom stereocenters. The minimum absolute atomic E-state index is 0.0461. The Bertz CT molecular complexity index is 1280. The van der Waals surface area contributed by atoms with Crippen LogP contribution in [0.1, 0.15) is 21.5 Å². The number of urea groups is 1. The van der Waals surface area contributed by atoms with Gasteiger partial charge in [-0.3, -0.25) is 14.9 Å². The highest BCUT2D eigenvalue weighted by atomic mass is 32.1. The Morgan fingerprint density at radius 3 is 2.21 bits per heavy atom. The molecule has 3 aromatic rings. The van der Waals surface area contributed by atoms with Crippen LogP contribution in [0.2, 0.25) is 0 Å². The van der Waals surface area contributed by atoms with Crippen LogP contribution >= 0.6 is 11.3 Å². The number of nitrogens with one attached hydrogen (secondary N) is 5. The Balaban J connectivity index is 1.36. The van der Waals surface area contributed by atoms with E-state index in [-0.39, 0.29) is 12.2 Å². The molecule has 0 aliphatic heterocycles. The molecule has 0 aliphatic carbocycles. The normalized spacial score (nSPS) is 11.0. The highest BCUT2D eigenvalue weighted by Gasteiger charge is 2.22. The summed E-state index contributed by atoms with van der Waals surface area (Å²) in [5.74, 6) is -2.60. The van der Waals surface area contributed by atoms with Gasteiger partial charge in [-0.15, -0.1) is 11.3 Å². The Kier molecular flexibility index (Phi) is 10.8. The molecule has 0 unspecified atom stereocenters. The van der Waals surface area contributed by atoms with Crippen molar-refractivity contribution in [3.05, 3.63) is 88.8 Å². The zero-order chi connectivity index (χ0) is 28.0. The zero-order valence-electron chi connectivity index (χ0n) is 20.6. The van der Waals surface area contributed by atoms with E-state index in [2.05, 4.69) is 26.6 Å². The van der Waals surface area contributed by atoms with E-state index in [1.165, 1.54) is 11.4 Å². The van der Waals surface area contributed by atoms with Gasteiger partial charge in [-0.1, -0.05) is 60.7 Å². The Labute approximate surface area is 227 Å². The number of carbonyl (C=O) groups is 5. The first kappa shape index (κ1) is 28.7. The van der Waals surface area contributed by atoms with Crippen LogP contribution in [0.25, 0.3) is 0 Å². The lowest BCUT2D eigenvalue weighted by atomic mass is 10.2. The summed E-state index contributed by atoms with van der Waals surface area (Å²) in [6, 6.07) is 17.8. The van der Waals surface area contributed by atoms with Gasteiger partial charge in [-0.2, -0.15) is 0 Å². The average Bonchev–Trinajstić information content (AvgIpc) is 3.41. The second kappa shape index (κ2) is 14.7. The number of carbonyl (C=O) groups excluding carboxylic acids is 4. The SMILES string of the molecule is O=C(CNC(=O)c1csc(NC(=O)NCc2ccccc2)c1)NC[C@H](NC(=O)OCc1ccccc1)C(=O)O. The summed E-state index contributed by atoms with van der Waals surface area (Å²) in [6.45, 7) is -0.557. The fraction of sp³-hybridized carbons (Fsp3) is 0.192. The van der Waals surface area contributed by atoms with Gasteiger partial charge < -0.3 is 31.1 Å². The van der Waals surface area contributed by atoms with Crippen molar-refractivity contribution in [3.63, 3.8) is 0 Å². The maximum Gasteiger partial charge on any atom is 0.408 e. The number of benzene rings is 2. The lowest BCUT2D eigenvalue weighted by Gasteiger charge is -2.15. The third-order valence-corrected chi connectivity index (χ3v) is 5.96. The van der Waals surface area contributed by atoms with Crippen molar-refractivity contribution < 1.29 is 33.8 Å².